The summed E-state index contributed by atoms with van der Waals surface area (Å²) < 4.78 is 22.9. The van der Waals surface area contributed by atoms with E-state index >= 15 is 0 Å². The summed E-state index contributed by atoms with van der Waals surface area (Å²) >= 11 is 0. The van der Waals surface area contributed by atoms with Crippen LogP contribution in [0, 0.1) is 5.92 Å². The molecule has 0 bridgehead atoms. The van der Waals surface area contributed by atoms with E-state index in [-0.39, 0.29) is 29.0 Å². The molecule has 2 amide bonds. The lowest BCUT2D eigenvalue weighted by Crippen LogP contribution is -2.52. The van der Waals surface area contributed by atoms with Gasteiger partial charge in [-0.25, -0.2) is 8.42 Å². The van der Waals surface area contributed by atoms with Crippen LogP contribution in [0.1, 0.15) is 24.8 Å². The summed E-state index contributed by atoms with van der Waals surface area (Å²) in [4.78, 5) is 28.6. The Morgan fingerprint density at radius 2 is 1.56 bits per heavy atom. The Morgan fingerprint density at radius 1 is 1.00 bits per heavy atom. The van der Waals surface area contributed by atoms with Crippen molar-refractivity contribution in [2.24, 2.45) is 5.92 Å². The van der Waals surface area contributed by atoms with Crippen molar-refractivity contribution in [2.45, 2.75) is 30.6 Å². The first-order valence-corrected chi connectivity index (χ1v) is 10.6. The quantitative estimate of drug-likeness (QED) is 0.802. The second kappa shape index (κ2) is 7.15. The van der Waals surface area contributed by atoms with Crippen LogP contribution in [-0.4, -0.2) is 62.5 Å². The van der Waals surface area contributed by atoms with Crippen molar-refractivity contribution in [3.8, 4) is 0 Å². The lowest BCUT2D eigenvalue weighted by molar-refractivity contribution is -0.143. The zero-order valence-corrected chi connectivity index (χ0v) is 15.3. The van der Waals surface area contributed by atoms with Crippen molar-refractivity contribution in [2.75, 3.05) is 32.4 Å². The van der Waals surface area contributed by atoms with Gasteiger partial charge in [0, 0.05) is 38.4 Å². The summed E-state index contributed by atoms with van der Waals surface area (Å²) in [6.07, 6.45) is 4.56. The SMILES string of the molecule is CS(=O)(=O)c1ccc(CC(=O)N2CCN(C(=O)C3CCC3)CC2)cc1. The molecule has 0 radical (unpaired) electrons. The number of piperazine rings is 1. The van der Waals surface area contributed by atoms with E-state index in [9.17, 15) is 18.0 Å². The Kier molecular flexibility index (Phi) is 5.13. The molecule has 2 fully saturated rings. The fourth-order valence-corrected chi connectivity index (χ4v) is 3.86. The van der Waals surface area contributed by atoms with Gasteiger partial charge in [-0.3, -0.25) is 9.59 Å². The van der Waals surface area contributed by atoms with Crippen molar-refractivity contribution in [3.05, 3.63) is 29.8 Å². The minimum Gasteiger partial charge on any atom is -0.339 e. The standard InChI is InChI=1S/C18H24N2O4S/c1-25(23,24)16-7-5-14(6-8-16)13-17(21)19-9-11-20(12-10-19)18(22)15-3-2-4-15/h5-8,15H,2-4,9-13H2,1H3. The second-order valence-corrected chi connectivity index (χ2v) is 8.94. The maximum Gasteiger partial charge on any atom is 0.227 e. The van der Waals surface area contributed by atoms with Gasteiger partial charge in [-0.05, 0) is 30.5 Å². The first-order chi connectivity index (χ1) is 11.8. The third kappa shape index (κ3) is 4.21. The molecule has 0 N–H and O–H groups in total. The number of hydrogen-bond acceptors (Lipinski definition) is 4. The fraction of sp³-hybridized carbons (Fsp3) is 0.556. The van der Waals surface area contributed by atoms with Crippen molar-refractivity contribution in [3.63, 3.8) is 0 Å². The molecule has 1 aliphatic heterocycles. The maximum atomic E-state index is 12.4. The predicted octanol–water partition coefficient (Wildman–Crippen LogP) is 1.10. The third-order valence-corrected chi connectivity index (χ3v) is 6.23. The first-order valence-electron chi connectivity index (χ1n) is 8.70. The minimum absolute atomic E-state index is 0.0165. The van der Waals surface area contributed by atoms with Crippen molar-refractivity contribution >= 4 is 21.7 Å². The average molecular weight is 364 g/mol. The Hall–Kier alpha value is -1.89. The largest absolute Gasteiger partial charge is 0.339 e. The Bertz CT molecular complexity index is 746. The van der Waals surface area contributed by atoms with Gasteiger partial charge in [-0.1, -0.05) is 18.6 Å². The van der Waals surface area contributed by atoms with Gasteiger partial charge in [0.2, 0.25) is 11.8 Å². The Balaban J connectivity index is 1.51. The number of amides is 2. The number of carbonyl (C=O) groups excluding carboxylic acids is 2. The van der Waals surface area contributed by atoms with Crippen LogP contribution in [0.5, 0.6) is 0 Å². The molecule has 0 unspecified atom stereocenters. The van der Waals surface area contributed by atoms with Gasteiger partial charge in [0.15, 0.2) is 9.84 Å². The molecule has 136 valence electrons. The first kappa shape index (κ1) is 17.9. The average Bonchev–Trinajstić information content (AvgIpc) is 2.53. The molecule has 0 atom stereocenters. The molecular weight excluding hydrogens is 340 g/mol. The van der Waals surface area contributed by atoms with Crippen LogP contribution >= 0.6 is 0 Å². The molecular formula is C18H24N2O4S. The van der Waals surface area contributed by atoms with Gasteiger partial charge in [0.1, 0.15) is 0 Å². The molecule has 2 aliphatic rings. The lowest BCUT2D eigenvalue weighted by atomic mass is 9.84. The molecule has 1 aromatic carbocycles. The van der Waals surface area contributed by atoms with Crippen LogP contribution in [0.3, 0.4) is 0 Å². The van der Waals surface area contributed by atoms with E-state index in [1.54, 1.807) is 17.0 Å². The van der Waals surface area contributed by atoms with Crippen LogP contribution in [0.4, 0.5) is 0 Å². The molecule has 0 aromatic heterocycles. The van der Waals surface area contributed by atoms with Crippen molar-refractivity contribution < 1.29 is 18.0 Å². The van der Waals surface area contributed by atoms with E-state index in [2.05, 4.69) is 0 Å². The highest BCUT2D eigenvalue weighted by Crippen LogP contribution is 2.28. The summed E-state index contributed by atoms with van der Waals surface area (Å²) in [5.41, 5.74) is 0.797. The molecule has 0 spiro atoms. The molecule has 1 heterocycles. The van der Waals surface area contributed by atoms with Gasteiger partial charge in [0.05, 0.1) is 11.3 Å². The van der Waals surface area contributed by atoms with E-state index in [1.165, 1.54) is 12.1 Å². The van der Waals surface area contributed by atoms with E-state index in [0.29, 0.717) is 26.2 Å². The third-order valence-electron chi connectivity index (χ3n) is 5.11. The van der Waals surface area contributed by atoms with Gasteiger partial charge in [-0.2, -0.15) is 0 Å². The Morgan fingerprint density at radius 3 is 2.04 bits per heavy atom. The highest BCUT2D eigenvalue weighted by molar-refractivity contribution is 7.90. The van der Waals surface area contributed by atoms with E-state index in [1.807, 2.05) is 4.90 Å². The van der Waals surface area contributed by atoms with Crippen molar-refractivity contribution in [1.82, 2.24) is 9.80 Å². The van der Waals surface area contributed by atoms with Gasteiger partial charge in [-0.15, -0.1) is 0 Å². The smallest absolute Gasteiger partial charge is 0.227 e. The molecule has 1 saturated carbocycles. The van der Waals surface area contributed by atoms with Gasteiger partial charge in [0.25, 0.3) is 0 Å². The van der Waals surface area contributed by atoms with Crippen molar-refractivity contribution in [1.29, 1.82) is 0 Å². The van der Waals surface area contributed by atoms with E-state index in [4.69, 9.17) is 0 Å². The molecule has 1 saturated heterocycles. The summed E-state index contributed by atoms with van der Waals surface area (Å²) in [7, 11) is -3.22. The molecule has 1 aliphatic carbocycles. The van der Waals surface area contributed by atoms with Crippen LogP contribution in [0.25, 0.3) is 0 Å². The van der Waals surface area contributed by atoms with E-state index < -0.39 is 9.84 Å². The highest BCUT2D eigenvalue weighted by Gasteiger charge is 2.31. The fourth-order valence-electron chi connectivity index (χ4n) is 3.23. The minimum atomic E-state index is -3.22. The molecule has 6 nitrogen and oxygen atoms in total. The summed E-state index contributed by atoms with van der Waals surface area (Å²) in [5, 5.41) is 0. The Labute approximate surface area is 148 Å². The number of nitrogens with zero attached hydrogens (tertiary/aromatic N) is 2. The number of sulfone groups is 1. The predicted molar refractivity (Wildman–Crippen MR) is 93.8 cm³/mol. The number of carbonyl (C=O) groups is 2. The number of rotatable bonds is 4. The number of benzene rings is 1. The molecule has 7 heteroatoms. The monoisotopic (exact) mass is 364 g/mol. The summed E-state index contributed by atoms with van der Waals surface area (Å²) in [6, 6.07) is 6.44. The topological polar surface area (TPSA) is 74.8 Å². The summed E-state index contributed by atoms with van der Waals surface area (Å²) in [6.45, 7) is 2.35. The summed E-state index contributed by atoms with van der Waals surface area (Å²) in [5.74, 6) is 0.466. The van der Waals surface area contributed by atoms with Gasteiger partial charge < -0.3 is 9.80 Å². The second-order valence-electron chi connectivity index (χ2n) is 6.93. The van der Waals surface area contributed by atoms with Crippen LogP contribution in [-0.2, 0) is 25.8 Å². The highest BCUT2D eigenvalue weighted by atomic mass is 32.2. The lowest BCUT2D eigenvalue weighted by Gasteiger charge is -2.38. The van der Waals surface area contributed by atoms with Crippen LogP contribution in [0.15, 0.2) is 29.2 Å². The van der Waals surface area contributed by atoms with E-state index in [0.717, 1.165) is 31.1 Å². The molecule has 25 heavy (non-hydrogen) atoms. The van der Waals surface area contributed by atoms with Crippen LogP contribution in [0.2, 0.25) is 0 Å². The zero-order valence-electron chi connectivity index (χ0n) is 14.5. The normalized spacial score (nSPS) is 18.8. The number of hydrogen-bond donors (Lipinski definition) is 0. The zero-order chi connectivity index (χ0) is 18.0. The maximum absolute atomic E-state index is 12.4. The van der Waals surface area contributed by atoms with Crippen LogP contribution < -0.4 is 0 Å². The molecule has 1 aromatic rings. The molecule has 3 rings (SSSR count). The van der Waals surface area contributed by atoms with Gasteiger partial charge >= 0.3 is 0 Å².